The lowest BCUT2D eigenvalue weighted by atomic mass is 10.1. The van der Waals surface area contributed by atoms with E-state index in [1.165, 1.54) is 13.0 Å². The molecule has 0 bridgehead atoms. The van der Waals surface area contributed by atoms with Crippen LogP contribution in [0, 0.1) is 15.9 Å². The second-order valence-corrected chi connectivity index (χ2v) is 2.48. The molecule has 1 aromatic rings. The number of ketones is 1. The minimum absolute atomic E-state index is 0.128. The maximum Gasteiger partial charge on any atom is 0.304 e. The normalized spacial score (nSPS) is 9.69. The first-order valence-corrected chi connectivity index (χ1v) is 3.47. The van der Waals surface area contributed by atoms with E-state index in [-0.39, 0.29) is 11.3 Å². The Morgan fingerprint density at radius 2 is 2.15 bits per heavy atom. The molecule has 1 aromatic carbocycles. The van der Waals surface area contributed by atoms with Gasteiger partial charge in [0.25, 0.3) is 0 Å². The first kappa shape index (κ1) is 9.31. The molecule has 0 saturated carbocycles. The summed E-state index contributed by atoms with van der Waals surface area (Å²) in [6.07, 6.45) is 0. The summed E-state index contributed by atoms with van der Waals surface area (Å²) in [7, 11) is 0. The maximum atomic E-state index is 12.9. The fraction of sp³-hybridized carbons (Fsp3) is 0.125. The van der Waals surface area contributed by atoms with Crippen molar-refractivity contribution in [2.24, 2.45) is 0 Å². The van der Waals surface area contributed by atoms with Gasteiger partial charge in [-0.2, -0.15) is 4.39 Å². The van der Waals surface area contributed by atoms with E-state index < -0.39 is 16.4 Å². The molecule has 68 valence electrons. The highest BCUT2D eigenvalue weighted by atomic mass is 19.1. The summed E-state index contributed by atoms with van der Waals surface area (Å²) < 4.78 is 12.9. The molecule has 0 unspecified atom stereocenters. The number of Topliss-reactive ketones (excluding diaryl/α,β-unsaturated/α-hetero) is 1. The van der Waals surface area contributed by atoms with Gasteiger partial charge >= 0.3 is 5.69 Å². The molecule has 0 fully saturated rings. The molecule has 0 saturated heterocycles. The molecule has 0 N–H and O–H groups in total. The first-order valence-electron chi connectivity index (χ1n) is 3.47. The van der Waals surface area contributed by atoms with Crippen LogP contribution < -0.4 is 0 Å². The Hall–Kier alpha value is -1.78. The molecule has 1 rings (SSSR count). The fourth-order valence-corrected chi connectivity index (χ4v) is 0.874. The van der Waals surface area contributed by atoms with Crippen LogP contribution in [0.1, 0.15) is 17.3 Å². The number of nitro groups is 1. The standard InChI is InChI=1S/C8H6FNO3/c1-5(11)6-2-3-8(10(12)13)7(9)4-6/h2-4H,1H3. The highest BCUT2D eigenvalue weighted by Gasteiger charge is 2.14. The van der Waals surface area contributed by atoms with Gasteiger partial charge in [0.2, 0.25) is 5.82 Å². The third-order valence-corrected chi connectivity index (χ3v) is 1.55. The van der Waals surface area contributed by atoms with Gasteiger partial charge in [0.1, 0.15) is 0 Å². The van der Waals surface area contributed by atoms with Crippen molar-refractivity contribution in [1.29, 1.82) is 0 Å². The van der Waals surface area contributed by atoms with Crippen molar-refractivity contribution in [2.45, 2.75) is 6.92 Å². The molecule has 0 radical (unpaired) electrons. The van der Waals surface area contributed by atoms with Crippen molar-refractivity contribution in [3.8, 4) is 0 Å². The molecule has 4 nitrogen and oxygen atoms in total. The number of carbonyl (C=O) groups excluding carboxylic acids is 1. The van der Waals surface area contributed by atoms with Crippen molar-refractivity contribution >= 4 is 11.5 Å². The number of halogens is 1. The lowest BCUT2D eigenvalue weighted by Gasteiger charge is -1.96. The Morgan fingerprint density at radius 1 is 1.54 bits per heavy atom. The van der Waals surface area contributed by atoms with E-state index in [0.717, 1.165) is 12.1 Å². The van der Waals surface area contributed by atoms with Gasteiger partial charge in [-0.15, -0.1) is 0 Å². The van der Waals surface area contributed by atoms with Crippen molar-refractivity contribution in [1.82, 2.24) is 0 Å². The Balaban J connectivity index is 3.20. The number of benzene rings is 1. The molecule has 0 spiro atoms. The van der Waals surface area contributed by atoms with Crippen LogP contribution in [0.3, 0.4) is 0 Å². The van der Waals surface area contributed by atoms with Gasteiger partial charge in [-0.3, -0.25) is 14.9 Å². The number of nitro benzene ring substituents is 1. The molecule has 0 aliphatic rings. The van der Waals surface area contributed by atoms with Crippen LogP contribution in [-0.2, 0) is 0 Å². The van der Waals surface area contributed by atoms with Crippen LogP contribution in [0.15, 0.2) is 18.2 Å². The zero-order valence-corrected chi connectivity index (χ0v) is 6.78. The molecule has 0 atom stereocenters. The monoisotopic (exact) mass is 183 g/mol. The van der Waals surface area contributed by atoms with Crippen LogP contribution in [0.25, 0.3) is 0 Å². The van der Waals surface area contributed by atoms with E-state index in [9.17, 15) is 19.3 Å². The smallest absolute Gasteiger partial charge is 0.295 e. The zero-order valence-electron chi connectivity index (χ0n) is 6.78. The fourth-order valence-electron chi connectivity index (χ4n) is 0.874. The second-order valence-electron chi connectivity index (χ2n) is 2.48. The van der Waals surface area contributed by atoms with Crippen LogP contribution in [0.2, 0.25) is 0 Å². The molecule has 0 amide bonds. The summed E-state index contributed by atoms with van der Waals surface area (Å²) in [5.74, 6) is -1.31. The molecule has 5 heteroatoms. The minimum Gasteiger partial charge on any atom is -0.295 e. The minimum atomic E-state index is -0.988. The summed E-state index contributed by atoms with van der Waals surface area (Å²) in [5.41, 5.74) is -0.492. The quantitative estimate of drug-likeness (QED) is 0.400. The predicted octanol–water partition coefficient (Wildman–Crippen LogP) is 1.94. The molecule has 0 aromatic heterocycles. The summed E-state index contributed by atoms with van der Waals surface area (Å²) in [6, 6.07) is 3.07. The van der Waals surface area contributed by atoms with E-state index >= 15 is 0 Å². The third-order valence-electron chi connectivity index (χ3n) is 1.55. The molecule has 0 aliphatic carbocycles. The lowest BCUT2D eigenvalue weighted by Crippen LogP contribution is -1.97. The topological polar surface area (TPSA) is 60.2 Å². The largest absolute Gasteiger partial charge is 0.304 e. The number of hydrogen-bond acceptors (Lipinski definition) is 3. The summed E-state index contributed by atoms with van der Waals surface area (Å²) in [6.45, 7) is 1.26. The highest BCUT2D eigenvalue weighted by molar-refractivity contribution is 5.94. The SMILES string of the molecule is CC(=O)c1ccc([N+](=O)[O-])c(F)c1. The van der Waals surface area contributed by atoms with Gasteiger partial charge in [-0.05, 0) is 19.1 Å². The summed E-state index contributed by atoms with van der Waals surface area (Å²) in [5, 5.41) is 10.2. The van der Waals surface area contributed by atoms with E-state index in [1.807, 2.05) is 0 Å². The Morgan fingerprint density at radius 3 is 2.54 bits per heavy atom. The highest BCUT2D eigenvalue weighted by Crippen LogP contribution is 2.17. The van der Waals surface area contributed by atoms with Gasteiger partial charge in [-0.25, -0.2) is 0 Å². The predicted molar refractivity (Wildman–Crippen MR) is 43.1 cm³/mol. The molecular weight excluding hydrogens is 177 g/mol. The van der Waals surface area contributed by atoms with Crippen LogP contribution in [0.5, 0.6) is 0 Å². The Bertz CT molecular complexity index is 376. The second kappa shape index (κ2) is 3.30. The molecular formula is C8H6FNO3. The van der Waals surface area contributed by atoms with Crippen molar-refractivity contribution in [3.05, 3.63) is 39.7 Å². The van der Waals surface area contributed by atoms with Gasteiger partial charge in [0.05, 0.1) is 4.92 Å². The van der Waals surface area contributed by atoms with Crippen molar-refractivity contribution in [2.75, 3.05) is 0 Å². The number of hydrogen-bond donors (Lipinski definition) is 0. The van der Waals surface area contributed by atoms with Crippen molar-refractivity contribution < 1.29 is 14.1 Å². The number of rotatable bonds is 2. The van der Waals surface area contributed by atoms with Gasteiger partial charge in [0.15, 0.2) is 5.78 Å². The van der Waals surface area contributed by atoms with Gasteiger partial charge in [0, 0.05) is 11.6 Å². The number of nitrogens with zero attached hydrogens (tertiary/aromatic N) is 1. The van der Waals surface area contributed by atoms with E-state index in [0.29, 0.717) is 0 Å². The van der Waals surface area contributed by atoms with Gasteiger partial charge < -0.3 is 0 Å². The molecule has 0 aliphatic heterocycles. The van der Waals surface area contributed by atoms with E-state index in [1.54, 1.807) is 0 Å². The average Bonchev–Trinajstić information content (AvgIpc) is 2.03. The zero-order chi connectivity index (χ0) is 10.0. The van der Waals surface area contributed by atoms with Crippen LogP contribution in [-0.4, -0.2) is 10.7 Å². The Kier molecular flexibility index (Phi) is 2.36. The molecule has 0 heterocycles. The summed E-state index contributed by atoms with van der Waals surface area (Å²) in [4.78, 5) is 20.1. The van der Waals surface area contributed by atoms with Gasteiger partial charge in [-0.1, -0.05) is 0 Å². The van der Waals surface area contributed by atoms with Crippen LogP contribution in [0.4, 0.5) is 10.1 Å². The van der Waals surface area contributed by atoms with E-state index in [4.69, 9.17) is 0 Å². The van der Waals surface area contributed by atoms with E-state index in [2.05, 4.69) is 0 Å². The maximum absolute atomic E-state index is 12.9. The average molecular weight is 183 g/mol. The first-order chi connectivity index (χ1) is 6.02. The third kappa shape index (κ3) is 1.87. The number of carbonyl (C=O) groups is 1. The van der Waals surface area contributed by atoms with Crippen LogP contribution >= 0.6 is 0 Å². The summed E-state index contributed by atoms with van der Waals surface area (Å²) >= 11 is 0. The Labute approximate surface area is 73.1 Å². The lowest BCUT2D eigenvalue weighted by molar-refractivity contribution is -0.387. The molecule has 13 heavy (non-hydrogen) atoms. The van der Waals surface area contributed by atoms with Crippen molar-refractivity contribution in [3.63, 3.8) is 0 Å².